The molecular formula is C30H39N7O3. The molecule has 3 rings (SSSR count). The highest BCUT2D eigenvalue weighted by Gasteiger charge is 2.34. The summed E-state index contributed by atoms with van der Waals surface area (Å²) in [5, 5.41) is 18.4. The third-order valence-corrected chi connectivity index (χ3v) is 6.04. The Morgan fingerprint density at radius 2 is 1.95 bits per heavy atom. The number of nitriles is 1. The SMILES string of the molecule is CCCNc1nc(Nc2ccc(C#N)cc2)ncc1C#CCCCNC(=O)[C@@H]1CCCCN1C(=O)OC(C)(C)C. The van der Waals surface area contributed by atoms with Crippen LogP contribution in [0.15, 0.2) is 30.5 Å². The van der Waals surface area contributed by atoms with Crippen molar-refractivity contribution >= 4 is 29.5 Å². The van der Waals surface area contributed by atoms with E-state index in [1.807, 2.05) is 20.8 Å². The van der Waals surface area contributed by atoms with E-state index in [-0.39, 0.29) is 5.91 Å². The van der Waals surface area contributed by atoms with Gasteiger partial charge in [0, 0.05) is 31.7 Å². The molecule has 10 heteroatoms. The van der Waals surface area contributed by atoms with Gasteiger partial charge in [-0.3, -0.25) is 9.69 Å². The van der Waals surface area contributed by atoms with Gasteiger partial charge in [0.05, 0.1) is 23.4 Å². The minimum atomic E-state index is -0.604. The Balaban J connectivity index is 1.53. The smallest absolute Gasteiger partial charge is 0.410 e. The second kappa shape index (κ2) is 14.7. The van der Waals surface area contributed by atoms with Gasteiger partial charge in [-0.1, -0.05) is 18.8 Å². The Morgan fingerprint density at radius 1 is 1.18 bits per heavy atom. The number of unbranched alkanes of at least 4 members (excludes halogenated alkanes) is 1. The summed E-state index contributed by atoms with van der Waals surface area (Å²) in [6.45, 7) is 9.28. The summed E-state index contributed by atoms with van der Waals surface area (Å²) in [6.07, 6.45) is 5.83. The highest BCUT2D eigenvalue weighted by molar-refractivity contribution is 5.85. The van der Waals surface area contributed by atoms with Crippen molar-refractivity contribution in [2.24, 2.45) is 0 Å². The van der Waals surface area contributed by atoms with Gasteiger partial charge in [-0.15, -0.1) is 0 Å². The van der Waals surface area contributed by atoms with Crippen LogP contribution in [0.3, 0.4) is 0 Å². The molecular weight excluding hydrogens is 506 g/mol. The minimum absolute atomic E-state index is 0.150. The molecule has 212 valence electrons. The second-order valence-corrected chi connectivity index (χ2v) is 10.6. The quantitative estimate of drug-likeness (QED) is 0.298. The van der Waals surface area contributed by atoms with Gasteiger partial charge < -0.3 is 20.7 Å². The number of likely N-dealkylation sites (tertiary alicyclic amines) is 1. The third-order valence-electron chi connectivity index (χ3n) is 6.04. The average molecular weight is 546 g/mol. The van der Waals surface area contributed by atoms with Crippen molar-refractivity contribution < 1.29 is 14.3 Å². The maximum atomic E-state index is 12.8. The zero-order chi connectivity index (χ0) is 29.0. The van der Waals surface area contributed by atoms with Crippen molar-refractivity contribution in [3.63, 3.8) is 0 Å². The fraction of sp³-hybridized carbons (Fsp3) is 0.500. The maximum Gasteiger partial charge on any atom is 0.410 e. The summed E-state index contributed by atoms with van der Waals surface area (Å²) in [4.78, 5) is 35.9. The number of rotatable bonds is 9. The van der Waals surface area contributed by atoms with Crippen molar-refractivity contribution in [2.45, 2.75) is 77.9 Å². The predicted octanol–water partition coefficient (Wildman–Crippen LogP) is 4.95. The molecule has 0 saturated carbocycles. The molecule has 3 N–H and O–H groups in total. The fourth-order valence-corrected chi connectivity index (χ4v) is 4.08. The maximum absolute atomic E-state index is 12.8. The van der Waals surface area contributed by atoms with Crippen LogP contribution < -0.4 is 16.0 Å². The molecule has 1 aliphatic heterocycles. The Hall–Kier alpha value is -4.31. The molecule has 0 aliphatic carbocycles. The summed E-state index contributed by atoms with van der Waals surface area (Å²) in [5.41, 5.74) is 1.45. The number of nitrogens with one attached hydrogen (secondary N) is 3. The molecule has 1 aliphatic rings. The third kappa shape index (κ3) is 9.46. The summed E-state index contributed by atoms with van der Waals surface area (Å²) in [7, 11) is 0. The van der Waals surface area contributed by atoms with E-state index >= 15 is 0 Å². The summed E-state index contributed by atoms with van der Waals surface area (Å²) >= 11 is 0. The lowest BCUT2D eigenvalue weighted by Crippen LogP contribution is -2.53. The van der Waals surface area contributed by atoms with Gasteiger partial charge in [0.15, 0.2) is 0 Å². The Morgan fingerprint density at radius 3 is 2.65 bits per heavy atom. The number of nitrogens with zero attached hydrogens (tertiary/aromatic N) is 4. The van der Waals surface area contributed by atoms with Gasteiger partial charge in [-0.25, -0.2) is 9.78 Å². The lowest BCUT2D eigenvalue weighted by Gasteiger charge is -2.35. The van der Waals surface area contributed by atoms with Crippen LogP contribution in [0.25, 0.3) is 0 Å². The summed E-state index contributed by atoms with van der Waals surface area (Å²) in [5.74, 6) is 7.22. The molecule has 2 heterocycles. The fourth-order valence-electron chi connectivity index (χ4n) is 4.08. The van der Waals surface area contributed by atoms with E-state index in [0.29, 0.717) is 55.2 Å². The predicted molar refractivity (Wildman–Crippen MR) is 155 cm³/mol. The van der Waals surface area contributed by atoms with E-state index in [0.717, 1.165) is 31.5 Å². The molecule has 0 unspecified atom stereocenters. The summed E-state index contributed by atoms with van der Waals surface area (Å²) < 4.78 is 5.50. The van der Waals surface area contributed by atoms with Crippen LogP contribution in [0.1, 0.15) is 77.3 Å². The lowest BCUT2D eigenvalue weighted by atomic mass is 10.0. The number of hydrogen-bond acceptors (Lipinski definition) is 8. The van der Waals surface area contributed by atoms with Crippen LogP contribution in [-0.2, 0) is 9.53 Å². The highest BCUT2D eigenvalue weighted by atomic mass is 16.6. The van der Waals surface area contributed by atoms with Gasteiger partial charge in [-0.2, -0.15) is 10.2 Å². The molecule has 0 bridgehead atoms. The monoisotopic (exact) mass is 545 g/mol. The molecule has 1 atom stereocenters. The number of ether oxygens (including phenoxy) is 1. The van der Waals surface area contributed by atoms with Crippen molar-refractivity contribution in [2.75, 3.05) is 30.3 Å². The average Bonchev–Trinajstić information content (AvgIpc) is 2.94. The van der Waals surface area contributed by atoms with Gasteiger partial charge in [-0.05, 0) is 77.1 Å². The lowest BCUT2D eigenvalue weighted by molar-refractivity contribution is -0.127. The zero-order valence-electron chi connectivity index (χ0n) is 23.8. The van der Waals surface area contributed by atoms with Crippen LogP contribution in [0.2, 0.25) is 0 Å². The van der Waals surface area contributed by atoms with E-state index in [4.69, 9.17) is 10.00 Å². The van der Waals surface area contributed by atoms with Gasteiger partial charge >= 0.3 is 6.09 Å². The van der Waals surface area contributed by atoms with E-state index in [1.54, 1.807) is 35.4 Å². The van der Waals surface area contributed by atoms with Crippen molar-refractivity contribution in [1.82, 2.24) is 20.2 Å². The molecule has 0 spiro atoms. The van der Waals surface area contributed by atoms with Gasteiger partial charge in [0.2, 0.25) is 11.9 Å². The molecule has 2 aromatic rings. The van der Waals surface area contributed by atoms with Crippen molar-refractivity contribution in [3.05, 3.63) is 41.6 Å². The Labute approximate surface area is 236 Å². The minimum Gasteiger partial charge on any atom is -0.444 e. The molecule has 1 saturated heterocycles. The first kappa shape index (κ1) is 30.2. The first-order valence-electron chi connectivity index (χ1n) is 13.8. The van der Waals surface area contributed by atoms with E-state index in [1.165, 1.54) is 0 Å². The van der Waals surface area contributed by atoms with Crippen LogP contribution in [0, 0.1) is 23.2 Å². The summed E-state index contributed by atoms with van der Waals surface area (Å²) in [6, 6.07) is 8.66. The molecule has 40 heavy (non-hydrogen) atoms. The number of carbonyl (C=O) groups is 2. The van der Waals surface area contributed by atoms with Crippen LogP contribution in [0.4, 0.5) is 22.2 Å². The molecule has 0 radical (unpaired) electrons. The Kier molecular flexibility index (Phi) is 11.1. The number of benzene rings is 1. The molecule has 2 amide bonds. The zero-order valence-corrected chi connectivity index (χ0v) is 23.8. The van der Waals surface area contributed by atoms with Crippen LogP contribution in [-0.4, -0.2) is 58.1 Å². The topological polar surface area (TPSA) is 132 Å². The van der Waals surface area contributed by atoms with Crippen LogP contribution >= 0.6 is 0 Å². The largest absolute Gasteiger partial charge is 0.444 e. The molecule has 1 aromatic heterocycles. The normalized spacial score (nSPS) is 14.8. The second-order valence-electron chi connectivity index (χ2n) is 10.6. The first-order valence-corrected chi connectivity index (χ1v) is 13.8. The van der Waals surface area contributed by atoms with E-state index in [2.05, 4.69) is 50.8 Å². The van der Waals surface area contributed by atoms with E-state index < -0.39 is 17.7 Å². The number of carbonyl (C=O) groups excluding carboxylic acids is 2. The van der Waals surface area contributed by atoms with Gasteiger partial charge in [0.1, 0.15) is 17.5 Å². The number of amides is 2. The number of aromatic nitrogens is 2. The van der Waals surface area contributed by atoms with Crippen molar-refractivity contribution in [1.29, 1.82) is 5.26 Å². The van der Waals surface area contributed by atoms with E-state index in [9.17, 15) is 9.59 Å². The number of anilines is 3. The molecule has 1 fully saturated rings. The Bertz CT molecular complexity index is 1250. The van der Waals surface area contributed by atoms with Crippen molar-refractivity contribution in [3.8, 4) is 17.9 Å². The first-order chi connectivity index (χ1) is 19.2. The van der Waals surface area contributed by atoms with Gasteiger partial charge in [0.25, 0.3) is 0 Å². The highest BCUT2D eigenvalue weighted by Crippen LogP contribution is 2.21. The number of piperidine rings is 1. The van der Waals surface area contributed by atoms with Crippen LogP contribution in [0.5, 0.6) is 0 Å². The standard InChI is InChI=1S/C30H39N7O3/c1-5-17-32-26-23(21-34-28(36-26)35-24-15-13-22(20-31)14-16-24)11-7-6-9-18-33-27(38)25-12-8-10-19-37(25)29(39)40-30(2,3)4/h13-16,21,25H,5-6,8-10,12,17-19H2,1-4H3,(H,33,38)(H2,32,34,35,36)/t25-/m0/s1. The molecule has 10 nitrogen and oxygen atoms in total. The molecule has 1 aromatic carbocycles. The number of hydrogen-bond donors (Lipinski definition) is 3.